The molecule has 1 rings (SSSR count). The van der Waals surface area contributed by atoms with Crippen LogP contribution >= 0.6 is 0 Å². The van der Waals surface area contributed by atoms with E-state index in [4.69, 9.17) is 19.6 Å². The van der Waals surface area contributed by atoms with E-state index in [1.54, 1.807) is 13.4 Å². The van der Waals surface area contributed by atoms with E-state index in [9.17, 15) is 0 Å². The normalized spacial score (nSPS) is 13.0. The van der Waals surface area contributed by atoms with E-state index >= 15 is 0 Å². The highest BCUT2D eigenvalue weighted by Gasteiger charge is 2.11. The van der Waals surface area contributed by atoms with E-state index in [1.165, 1.54) is 0 Å². The highest BCUT2D eigenvalue weighted by atomic mass is 16.5. The zero-order valence-corrected chi connectivity index (χ0v) is 8.44. The molecule has 1 atom stereocenters. The Kier molecular flexibility index (Phi) is 5.29. The summed E-state index contributed by atoms with van der Waals surface area (Å²) in [5.74, 6) is 0.782. The fourth-order valence-electron chi connectivity index (χ4n) is 1.17. The van der Waals surface area contributed by atoms with Crippen LogP contribution in [0.5, 0.6) is 0 Å². The van der Waals surface area contributed by atoms with E-state index in [0.717, 1.165) is 12.2 Å². The first kappa shape index (κ1) is 11.2. The Morgan fingerprint density at radius 3 is 2.93 bits per heavy atom. The fourth-order valence-corrected chi connectivity index (χ4v) is 1.17. The standard InChI is InChI=1S/C10H17NO3/c1-12-5-3-7-14-10(8-11)9-4-2-6-13-9/h2,4,6,10H,3,5,7-8,11H2,1H3. The van der Waals surface area contributed by atoms with Crippen molar-refractivity contribution in [1.82, 2.24) is 0 Å². The summed E-state index contributed by atoms with van der Waals surface area (Å²) in [6.45, 7) is 1.77. The van der Waals surface area contributed by atoms with Crippen LogP contribution in [0.25, 0.3) is 0 Å². The molecule has 0 amide bonds. The summed E-state index contributed by atoms with van der Waals surface area (Å²) in [4.78, 5) is 0. The molecule has 0 radical (unpaired) electrons. The summed E-state index contributed by atoms with van der Waals surface area (Å²) in [5.41, 5.74) is 5.56. The van der Waals surface area contributed by atoms with E-state index in [1.807, 2.05) is 12.1 Å². The van der Waals surface area contributed by atoms with Gasteiger partial charge in [-0.2, -0.15) is 0 Å². The van der Waals surface area contributed by atoms with Gasteiger partial charge in [0.15, 0.2) is 0 Å². The quantitative estimate of drug-likeness (QED) is 0.673. The van der Waals surface area contributed by atoms with Gasteiger partial charge < -0.3 is 19.6 Å². The summed E-state index contributed by atoms with van der Waals surface area (Å²) in [6.07, 6.45) is 2.35. The summed E-state index contributed by atoms with van der Waals surface area (Å²) in [6, 6.07) is 3.70. The molecule has 0 spiro atoms. The number of furan rings is 1. The average molecular weight is 199 g/mol. The minimum Gasteiger partial charge on any atom is -0.467 e. The number of nitrogens with two attached hydrogens (primary N) is 1. The van der Waals surface area contributed by atoms with Gasteiger partial charge in [0.25, 0.3) is 0 Å². The third kappa shape index (κ3) is 3.49. The molecular weight excluding hydrogens is 182 g/mol. The SMILES string of the molecule is COCCCOC(CN)c1ccco1. The van der Waals surface area contributed by atoms with Crippen molar-refractivity contribution < 1.29 is 13.9 Å². The lowest BCUT2D eigenvalue weighted by Crippen LogP contribution is -2.16. The first-order valence-electron chi connectivity index (χ1n) is 4.72. The van der Waals surface area contributed by atoms with Gasteiger partial charge in [-0.25, -0.2) is 0 Å². The molecule has 0 aromatic carbocycles. The molecule has 1 aromatic heterocycles. The molecule has 1 unspecified atom stereocenters. The van der Waals surface area contributed by atoms with Crippen molar-refractivity contribution in [2.45, 2.75) is 12.5 Å². The van der Waals surface area contributed by atoms with Crippen molar-refractivity contribution in [1.29, 1.82) is 0 Å². The maximum Gasteiger partial charge on any atom is 0.133 e. The predicted molar refractivity (Wildman–Crippen MR) is 52.9 cm³/mol. The molecule has 0 saturated carbocycles. The number of ether oxygens (including phenoxy) is 2. The van der Waals surface area contributed by atoms with Crippen molar-refractivity contribution in [2.24, 2.45) is 5.73 Å². The molecule has 80 valence electrons. The molecule has 0 aliphatic rings. The van der Waals surface area contributed by atoms with Crippen LogP contribution in [0, 0.1) is 0 Å². The van der Waals surface area contributed by atoms with Crippen molar-refractivity contribution in [3.8, 4) is 0 Å². The first-order chi connectivity index (χ1) is 6.88. The number of hydrogen-bond acceptors (Lipinski definition) is 4. The zero-order valence-electron chi connectivity index (χ0n) is 8.44. The highest BCUT2D eigenvalue weighted by molar-refractivity contribution is 5.02. The summed E-state index contributed by atoms with van der Waals surface area (Å²) in [5, 5.41) is 0. The molecule has 0 aliphatic carbocycles. The Morgan fingerprint density at radius 1 is 1.50 bits per heavy atom. The zero-order chi connectivity index (χ0) is 10.2. The molecule has 0 bridgehead atoms. The van der Waals surface area contributed by atoms with Crippen LogP contribution in [-0.2, 0) is 9.47 Å². The van der Waals surface area contributed by atoms with Gasteiger partial charge in [-0.05, 0) is 18.6 Å². The first-order valence-corrected chi connectivity index (χ1v) is 4.72. The van der Waals surface area contributed by atoms with Gasteiger partial charge in [-0.15, -0.1) is 0 Å². The lowest BCUT2D eigenvalue weighted by atomic mass is 10.3. The minimum absolute atomic E-state index is 0.137. The van der Waals surface area contributed by atoms with Crippen molar-refractivity contribution in [3.05, 3.63) is 24.2 Å². The third-order valence-corrected chi connectivity index (χ3v) is 1.89. The van der Waals surface area contributed by atoms with Crippen LogP contribution in [0.3, 0.4) is 0 Å². The van der Waals surface area contributed by atoms with E-state index in [0.29, 0.717) is 19.8 Å². The molecular formula is C10H17NO3. The van der Waals surface area contributed by atoms with Gasteiger partial charge >= 0.3 is 0 Å². The van der Waals surface area contributed by atoms with Crippen LogP contribution < -0.4 is 5.73 Å². The molecule has 1 heterocycles. The van der Waals surface area contributed by atoms with Crippen LogP contribution in [0.1, 0.15) is 18.3 Å². The maximum atomic E-state index is 5.56. The maximum absolute atomic E-state index is 5.56. The number of methoxy groups -OCH3 is 1. The molecule has 0 aliphatic heterocycles. The van der Waals surface area contributed by atoms with Gasteiger partial charge in [0.1, 0.15) is 11.9 Å². The topological polar surface area (TPSA) is 57.6 Å². The van der Waals surface area contributed by atoms with E-state index in [2.05, 4.69) is 0 Å². The van der Waals surface area contributed by atoms with Gasteiger partial charge in [-0.3, -0.25) is 0 Å². The smallest absolute Gasteiger partial charge is 0.133 e. The molecule has 1 aromatic rings. The monoisotopic (exact) mass is 199 g/mol. The molecule has 0 fully saturated rings. The Balaban J connectivity index is 2.26. The lowest BCUT2D eigenvalue weighted by molar-refractivity contribution is 0.0314. The second-order valence-corrected chi connectivity index (χ2v) is 2.96. The van der Waals surface area contributed by atoms with Crippen LogP contribution in [-0.4, -0.2) is 26.9 Å². The van der Waals surface area contributed by atoms with Gasteiger partial charge in [0, 0.05) is 26.9 Å². The Labute approximate surface area is 84.0 Å². The van der Waals surface area contributed by atoms with E-state index in [-0.39, 0.29) is 6.10 Å². The lowest BCUT2D eigenvalue weighted by Gasteiger charge is -2.12. The number of hydrogen-bond donors (Lipinski definition) is 1. The van der Waals surface area contributed by atoms with Gasteiger partial charge in [0.2, 0.25) is 0 Å². The molecule has 0 saturated heterocycles. The molecule has 4 nitrogen and oxygen atoms in total. The fraction of sp³-hybridized carbons (Fsp3) is 0.600. The number of rotatable bonds is 7. The van der Waals surface area contributed by atoms with Crippen molar-refractivity contribution >= 4 is 0 Å². The van der Waals surface area contributed by atoms with Crippen molar-refractivity contribution in [3.63, 3.8) is 0 Å². The summed E-state index contributed by atoms with van der Waals surface area (Å²) >= 11 is 0. The Hall–Kier alpha value is -0.840. The highest BCUT2D eigenvalue weighted by Crippen LogP contribution is 2.16. The molecule has 14 heavy (non-hydrogen) atoms. The molecule has 4 heteroatoms. The minimum atomic E-state index is -0.137. The van der Waals surface area contributed by atoms with Crippen LogP contribution in [0.4, 0.5) is 0 Å². The Morgan fingerprint density at radius 2 is 2.36 bits per heavy atom. The van der Waals surface area contributed by atoms with Gasteiger partial charge in [0.05, 0.1) is 6.26 Å². The van der Waals surface area contributed by atoms with E-state index < -0.39 is 0 Å². The van der Waals surface area contributed by atoms with Gasteiger partial charge in [-0.1, -0.05) is 0 Å². The van der Waals surface area contributed by atoms with Crippen LogP contribution in [0.15, 0.2) is 22.8 Å². The third-order valence-electron chi connectivity index (χ3n) is 1.89. The van der Waals surface area contributed by atoms with Crippen LogP contribution in [0.2, 0.25) is 0 Å². The largest absolute Gasteiger partial charge is 0.467 e. The molecule has 2 N–H and O–H groups in total. The summed E-state index contributed by atoms with van der Waals surface area (Å²) in [7, 11) is 1.67. The second-order valence-electron chi connectivity index (χ2n) is 2.96. The summed E-state index contributed by atoms with van der Waals surface area (Å²) < 4.78 is 15.7. The second kappa shape index (κ2) is 6.59. The predicted octanol–water partition coefficient (Wildman–Crippen LogP) is 1.33. The Bertz CT molecular complexity index is 223. The average Bonchev–Trinajstić information content (AvgIpc) is 2.71. The van der Waals surface area contributed by atoms with Crippen molar-refractivity contribution in [2.75, 3.05) is 26.9 Å².